The van der Waals surface area contributed by atoms with Gasteiger partial charge in [-0.25, -0.2) is 0 Å². The minimum Gasteiger partial charge on any atom is -0.327 e. The van der Waals surface area contributed by atoms with Gasteiger partial charge in [0.05, 0.1) is 0 Å². The maximum atomic E-state index is 5.68. The van der Waals surface area contributed by atoms with E-state index in [0.29, 0.717) is 0 Å². The molecule has 0 bridgehead atoms. The quantitative estimate of drug-likeness (QED) is 0.771. The molecule has 0 saturated heterocycles. The number of nitrogens with one attached hydrogen (secondary N) is 1. The lowest BCUT2D eigenvalue weighted by atomic mass is 10.1. The van der Waals surface area contributed by atoms with Crippen LogP contribution in [-0.2, 0) is 6.42 Å². The molecular weight excluding hydrogens is 208 g/mol. The fourth-order valence-electron chi connectivity index (χ4n) is 1.96. The summed E-state index contributed by atoms with van der Waals surface area (Å²) in [5.74, 6) is 0. The van der Waals surface area contributed by atoms with E-state index >= 15 is 0 Å². The van der Waals surface area contributed by atoms with E-state index in [-0.39, 0.29) is 6.04 Å². The van der Waals surface area contributed by atoms with Crippen molar-refractivity contribution in [1.29, 1.82) is 0 Å². The molecule has 0 saturated carbocycles. The van der Waals surface area contributed by atoms with Gasteiger partial charge < -0.3 is 11.1 Å². The van der Waals surface area contributed by atoms with E-state index in [4.69, 9.17) is 5.73 Å². The fraction of sp³-hybridized carbons (Fsp3) is 0.333. The Kier molecular flexibility index (Phi) is 4.13. The van der Waals surface area contributed by atoms with Crippen molar-refractivity contribution >= 4 is 10.8 Å². The Hall–Kier alpha value is -1.38. The summed E-state index contributed by atoms with van der Waals surface area (Å²) in [4.78, 5) is 0. The fourth-order valence-corrected chi connectivity index (χ4v) is 1.96. The maximum Gasteiger partial charge on any atom is 0.0136 e. The standard InChI is InChI=1S/C15H20N2/c1-12(16)11-17-9-8-13-6-7-14-4-2-3-5-15(14)10-13/h2-7,10,12,17H,8-9,11,16H2,1H3. The molecule has 1 unspecified atom stereocenters. The van der Waals surface area contributed by atoms with Crippen molar-refractivity contribution in [2.75, 3.05) is 13.1 Å². The number of fused-ring (bicyclic) bond motifs is 1. The van der Waals surface area contributed by atoms with Gasteiger partial charge in [-0.3, -0.25) is 0 Å². The zero-order valence-electron chi connectivity index (χ0n) is 10.3. The molecular formula is C15H20N2. The first-order valence-corrected chi connectivity index (χ1v) is 6.19. The molecule has 0 aliphatic carbocycles. The van der Waals surface area contributed by atoms with E-state index in [1.807, 2.05) is 6.92 Å². The van der Waals surface area contributed by atoms with Gasteiger partial charge in [-0.15, -0.1) is 0 Å². The Bertz CT molecular complexity index is 477. The van der Waals surface area contributed by atoms with Gasteiger partial charge in [-0.2, -0.15) is 0 Å². The largest absolute Gasteiger partial charge is 0.327 e. The minimum absolute atomic E-state index is 0.228. The average Bonchev–Trinajstić information content (AvgIpc) is 2.34. The highest BCUT2D eigenvalue weighted by Crippen LogP contribution is 2.15. The van der Waals surface area contributed by atoms with Crippen molar-refractivity contribution < 1.29 is 0 Å². The van der Waals surface area contributed by atoms with Crippen LogP contribution in [0.15, 0.2) is 42.5 Å². The third-order valence-corrected chi connectivity index (χ3v) is 2.87. The molecule has 1 atom stereocenters. The SMILES string of the molecule is CC(N)CNCCc1ccc2ccccc2c1. The Morgan fingerprint density at radius 1 is 1.12 bits per heavy atom. The Morgan fingerprint density at radius 3 is 2.65 bits per heavy atom. The second-order valence-corrected chi connectivity index (χ2v) is 4.61. The maximum absolute atomic E-state index is 5.68. The Morgan fingerprint density at radius 2 is 1.88 bits per heavy atom. The molecule has 2 nitrogen and oxygen atoms in total. The van der Waals surface area contributed by atoms with Crippen molar-refractivity contribution in [3.8, 4) is 0 Å². The van der Waals surface area contributed by atoms with Crippen LogP contribution in [0.2, 0.25) is 0 Å². The van der Waals surface area contributed by atoms with Gasteiger partial charge in [0.2, 0.25) is 0 Å². The van der Waals surface area contributed by atoms with Gasteiger partial charge >= 0.3 is 0 Å². The second kappa shape index (κ2) is 5.80. The van der Waals surface area contributed by atoms with E-state index < -0.39 is 0 Å². The number of benzene rings is 2. The lowest BCUT2D eigenvalue weighted by Crippen LogP contribution is -2.32. The lowest BCUT2D eigenvalue weighted by molar-refractivity contribution is 0.609. The van der Waals surface area contributed by atoms with E-state index in [1.165, 1.54) is 16.3 Å². The van der Waals surface area contributed by atoms with E-state index in [9.17, 15) is 0 Å². The van der Waals surface area contributed by atoms with Crippen molar-refractivity contribution in [2.24, 2.45) is 5.73 Å². The predicted molar refractivity (Wildman–Crippen MR) is 74.2 cm³/mol. The molecule has 0 amide bonds. The average molecular weight is 228 g/mol. The molecule has 2 aromatic rings. The summed E-state index contributed by atoms with van der Waals surface area (Å²) in [5, 5.41) is 5.98. The van der Waals surface area contributed by atoms with Crippen LogP contribution in [0, 0.1) is 0 Å². The van der Waals surface area contributed by atoms with Crippen LogP contribution < -0.4 is 11.1 Å². The van der Waals surface area contributed by atoms with Gasteiger partial charge in [0.15, 0.2) is 0 Å². The van der Waals surface area contributed by atoms with Crippen molar-refractivity contribution in [2.45, 2.75) is 19.4 Å². The highest BCUT2D eigenvalue weighted by atomic mass is 14.9. The molecule has 0 radical (unpaired) electrons. The normalized spacial score (nSPS) is 12.8. The molecule has 2 aromatic carbocycles. The van der Waals surface area contributed by atoms with Gasteiger partial charge in [0, 0.05) is 12.6 Å². The summed E-state index contributed by atoms with van der Waals surface area (Å²) in [7, 11) is 0. The van der Waals surface area contributed by atoms with Crippen LogP contribution >= 0.6 is 0 Å². The van der Waals surface area contributed by atoms with E-state index in [1.54, 1.807) is 0 Å². The summed E-state index contributed by atoms with van der Waals surface area (Å²) in [6.07, 6.45) is 1.05. The van der Waals surface area contributed by atoms with Crippen LogP contribution in [0.4, 0.5) is 0 Å². The summed E-state index contributed by atoms with van der Waals surface area (Å²) in [6, 6.07) is 15.4. The smallest absolute Gasteiger partial charge is 0.0136 e. The van der Waals surface area contributed by atoms with Crippen LogP contribution in [0.25, 0.3) is 10.8 Å². The number of hydrogen-bond acceptors (Lipinski definition) is 2. The molecule has 2 rings (SSSR count). The van der Waals surface area contributed by atoms with Gasteiger partial charge in [-0.05, 0) is 36.2 Å². The second-order valence-electron chi connectivity index (χ2n) is 4.61. The molecule has 0 aliphatic rings. The van der Waals surface area contributed by atoms with Crippen molar-refractivity contribution in [3.63, 3.8) is 0 Å². The Balaban J connectivity index is 1.95. The summed E-state index contributed by atoms with van der Waals surface area (Å²) >= 11 is 0. The first kappa shape index (κ1) is 12.1. The zero-order valence-corrected chi connectivity index (χ0v) is 10.3. The van der Waals surface area contributed by atoms with Crippen LogP contribution in [0.5, 0.6) is 0 Å². The zero-order chi connectivity index (χ0) is 12.1. The summed E-state index contributed by atoms with van der Waals surface area (Å²) in [5.41, 5.74) is 7.06. The van der Waals surface area contributed by atoms with E-state index in [2.05, 4.69) is 47.8 Å². The van der Waals surface area contributed by atoms with Crippen LogP contribution in [0.1, 0.15) is 12.5 Å². The minimum atomic E-state index is 0.228. The molecule has 3 N–H and O–H groups in total. The van der Waals surface area contributed by atoms with Crippen molar-refractivity contribution in [3.05, 3.63) is 48.0 Å². The van der Waals surface area contributed by atoms with Gasteiger partial charge in [-0.1, -0.05) is 42.5 Å². The molecule has 2 heteroatoms. The van der Waals surface area contributed by atoms with Crippen molar-refractivity contribution in [1.82, 2.24) is 5.32 Å². The number of nitrogens with two attached hydrogens (primary N) is 1. The molecule has 0 fully saturated rings. The third kappa shape index (κ3) is 3.55. The van der Waals surface area contributed by atoms with E-state index in [0.717, 1.165) is 19.5 Å². The number of hydrogen-bond donors (Lipinski definition) is 2. The predicted octanol–water partition coefficient (Wildman–Crippen LogP) is 2.32. The first-order valence-electron chi connectivity index (χ1n) is 6.19. The van der Waals surface area contributed by atoms with Crippen LogP contribution in [0.3, 0.4) is 0 Å². The molecule has 0 spiro atoms. The van der Waals surface area contributed by atoms with Gasteiger partial charge in [0.1, 0.15) is 0 Å². The monoisotopic (exact) mass is 228 g/mol. The number of rotatable bonds is 5. The molecule has 0 heterocycles. The summed E-state index contributed by atoms with van der Waals surface area (Å²) in [6.45, 7) is 3.89. The molecule has 0 aromatic heterocycles. The highest BCUT2D eigenvalue weighted by molar-refractivity contribution is 5.82. The molecule has 90 valence electrons. The highest BCUT2D eigenvalue weighted by Gasteiger charge is 1.97. The third-order valence-electron chi connectivity index (χ3n) is 2.87. The first-order chi connectivity index (χ1) is 8.25. The topological polar surface area (TPSA) is 38.0 Å². The molecule has 0 aliphatic heterocycles. The summed E-state index contributed by atoms with van der Waals surface area (Å²) < 4.78 is 0. The lowest BCUT2D eigenvalue weighted by Gasteiger charge is -2.08. The molecule has 17 heavy (non-hydrogen) atoms. The Labute approximate surface area is 103 Å². The van der Waals surface area contributed by atoms with Crippen LogP contribution in [-0.4, -0.2) is 19.1 Å². The van der Waals surface area contributed by atoms with Gasteiger partial charge in [0.25, 0.3) is 0 Å².